The number of fused-ring (bicyclic) bond motifs is 1. The van der Waals surface area contributed by atoms with E-state index in [1.165, 1.54) is 0 Å². The molecule has 6 heteroatoms. The van der Waals surface area contributed by atoms with Crippen LogP contribution in [0.1, 0.15) is 19.7 Å². The summed E-state index contributed by atoms with van der Waals surface area (Å²) in [5, 5.41) is 0. The SMILES string of the molecule is CC(C)N1CCOC(Cc2nc3nc(Br)ccc3o2)C1. The van der Waals surface area contributed by atoms with Crippen molar-refractivity contribution in [3.8, 4) is 0 Å². The van der Waals surface area contributed by atoms with Crippen molar-refractivity contribution in [1.29, 1.82) is 0 Å². The van der Waals surface area contributed by atoms with Crippen LogP contribution >= 0.6 is 15.9 Å². The first-order valence-corrected chi connectivity index (χ1v) is 7.69. The van der Waals surface area contributed by atoms with Crippen LogP contribution in [0.2, 0.25) is 0 Å². The van der Waals surface area contributed by atoms with Crippen molar-refractivity contribution in [3.63, 3.8) is 0 Å². The Morgan fingerprint density at radius 1 is 1.40 bits per heavy atom. The van der Waals surface area contributed by atoms with E-state index in [9.17, 15) is 0 Å². The normalized spacial score (nSPS) is 20.9. The van der Waals surface area contributed by atoms with Crippen molar-refractivity contribution in [2.45, 2.75) is 32.4 Å². The van der Waals surface area contributed by atoms with Gasteiger partial charge in [-0.3, -0.25) is 4.90 Å². The Morgan fingerprint density at radius 3 is 3.05 bits per heavy atom. The molecule has 0 aromatic carbocycles. The summed E-state index contributed by atoms with van der Waals surface area (Å²) < 4.78 is 12.3. The Labute approximate surface area is 126 Å². The van der Waals surface area contributed by atoms with Gasteiger partial charge in [-0.15, -0.1) is 0 Å². The number of halogens is 1. The summed E-state index contributed by atoms with van der Waals surface area (Å²) in [5.74, 6) is 0.696. The van der Waals surface area contributed by atoms with Crippen LogP contribution in [-0.4, -0.2) is 46.7 Å². The van der Waals surface area contributed by atoms with Crippen molar-refractivity contribution in [3.05, 3.63) is 22.6 Å². The highest BCUT2D eigenvalue weighted by Crippen LogP contribution is 2.19. The second-order valence-corrected chi connectivity index (χ2v) is 6.16. The maximum Gasteiger partial charge on any atom is 0.199 e. The van der Waals surface area contributed by atoms with Gasteiger partial charge in [0.25, 0.3) is 0 Å². The number of rotatable bonds is 3. The molecule has 0 amide bonds. The molecule has 108 valence electrons. The topological polar surface area (TPSA) is 51.4 Å². The van der Waals surface area contributed by atoms with Crippen molar-refractivity contribution in [2.75, 3.05) is 19.7 Å². The number of hydrogen-bond acceptors (Lipinski definition) is 5. The molecule has 2 aromatic rings. The van der Waals surface area contributed by atoms with Crippen molar-refractivity contribution < 1.29 is 9.15 Å². The zero-order valence-electron chi connectivity index (χ0n) is 11.7. The lowest BCUT2D eigenvalue weighted by Gasteiger charge is -2.35. The number of morpholine rings is 1. The van der Waals surface area contributed by atoms with E-state index < -0.39 is 0 Å². The van der Waals surface area contributed by atoms with Gasteiger partial charge in [-0.1, -0.05) is 0 Å². The smallest absolute Gasteiger partial charge is 0.199 e. The van der Waals surface area contributed by atoms with Crippen LogP contribution in [0, 0.1) is 0 Å². The predicted octanol–water partition coefficient (Wildman–Crippen LogP) is 2.64. The molecular weight excluding hydrogens is 322 g/mol. The van der Waals surface area contributed by atoms with E-state index in [0.29, 0.717) is 24.0 Å². The molecule has 5 nitrogen and oxygen atoms in total. The van der Waals surface area contributed by atoms with Gasteiger partial charge in [0.1, 0.15) is 4.60 Å². The van der Waals surface area contributed by atoms with E-state index in [0.717, 1.165) is 29.9 Å². The van der Waals surface area contributed by atoms with Crippen LogP contribution in [0.4, 0.5) is 0 Å². The number of nitrogens with zero attached hydrogens (tertiary/aromatic N) is 3. The van der Waals surface area contributed by atoms with E-state index in [2.05, 4.69) is 44.6 Å². The molecule has 0 saturated carbocycles. The molecule has 0 bridgehead atoms. The Balaban J connectivity index is 1.72. The minimum Gasteiger partial charge on any atom is -0.439 e. The van der Waals surface area contributed by atoms with Crippen LogP contribution in [0.3, 0.4) is 0 Å². The average Bonchev–Trinajstić information content (AvgIpc) is 2.80. The molecule has 0 radical (unpaired) electrons. The van der Waals surface area contributed by atoms with Crippen LogP contribution < -0.4 is 0 Å². The maximum atomic E-state index is 5.81. The Kier molecular flexibility index (Phi) is 4.05. The fourth-order valence-corrected chi connectivity index (χ4v) is 2.76. The highest BCUT2D eigenvalue weighted by molar-refractivity contribution is 9.10. The number of aromatic nitrogens is 2. The molecule has 1 unspecified atom stereocenters. The lowest BCUT2D eigenvalue weighted by molar-refractivity contribution is -0.0400. The number of oxazole rings is 1. The fraction of sp³-hybridized carbons (Fsp3) is 0.571. The summed E-state index contributed by atoms with van der Waals surface area (Å²) in [6.07, 6.45) is 0.833. The number of hydrogen-bond donors (Lipinski definition) is 0. The summed E-state index contributed by atoms with van der Waals surface area (Å²) in [6.45, 7) is 7.11. The first-order valence-electron chi connectivity index (χ1n) is 6.89. The zero-order chi connectivity index (χ0) is 14.1. The van der Waals surface area contributed by atoms with Crippen molar-refractivity contribution in [1.82, 2.24) is 14.9 Å². The first kappa shape index (κ1) is 14.0. The van der Waals surface area contributed by atoms with Crippen LogP contribution in [0.25, 0.3) is 11.2 Å². The van der Waals surface area contributed by atoms with Crippen LogP contribution in [0.15, 0.2) is 21.2 Å². The van der Waals surface area contributed by atoms with Crippen molar-refractivity contribution in [2.24, 2.45) is 0 Å². The Morgan fingerprint density at radius 2 is 2.25 bits per heavy atom. The van der Waals surface area contributed by atoms with E-state index in [1.54, 1.807) is 0 Å². The largest absolute Gasteiger partial charge is 0.439 e. The quantitative estimate of drug-likeness (QED) is 0.804. The van der Waals surface area contributed by atoms with E-state index in [1.807, 2.05) is 12.1 Å². The third kappa shape index (κ3) is 3.02. The van der Waals surface area contributed by atoms with Gasteiger partial charge in [0.2, 0.25) is 0 Å². The monoisotopic (exact) mass is 339 g/mol. The summed E-state index contributed by atoms with van der Waals surface area (Å²) >= 11 is 3.34. The standard InChI is InChI=1S/C14H18BrN3O2/c1-9(2)18-5-6-19-10(8-18)7-13-17-14-11(20-13)3-4-12(15)16-14/h3-4,9-10H,5-8H2,1-2H3. The van der Waals surface area contributed by atoms with Crippen molar-refractivity contribution >= 4 is 27.2 Å². The zero-order valence-corrected chi connectivity index (χ0v) is 13.3. The third-order valence-electron chi connectivity index (χ3n) is 3.57. The Hall–Kier alpha value is -0.980. The average molecular weight is 340 g/mol. The molecule has 20 heavy (non-hydrogen) atoms. The maximum absolute atomic E-state index is 5.81. The molecule has 1 aliphatic heterocycles. The third-order valence-corrected chi connectivity index (χ3v) is 4.01. The second-order valence-electron chi connectivity index (χ2n) is 5.35. The Bertz CT molecular complexity index is 599. The molecule has 0 aliphatic carbocycles. The summed E-state index contributed by atoms with van der Waals surface area (Å²) in [4.78, 5) is 11.1. The molecule has 1 atom stereocenters. The van der Waals surface area contributed by atoms with E-state index >= 15 is 0 Å². The summed E-state index contributed by atoms with van der Waals surface area (Å²) in [6, 6.07) is 4.28. The van der Waals surface area contributed by atoms with E-state index in [-0.39, 0.29) is 6.10 Å². The number of ether oxygens (including phenoxy) is 1. The molecule has 0 N–H and O–H groups in total. The van der Waals surface area contributed by atoms with Gasteiger partial charge >= 0.3 is 0 Å². The van der Waals surface area contributed by atoms with Crippen LogP contribution in [-0.2, 0) is 11.2 Å². The molecule has 3 heterocycles. The first-order chi connectivity index (χ1) is 9.61. The molecule has 1 aliphatic rings. The summed E-state index contributed by atoms with van der Waals surface area (Å²) in [7, 11) is 0. The van der Waals surface area contributed by atoms with Gasteiger partial charge in [0.05, 0.1) is 19.1 Å². The van der Waals surface area contributed by atoms with E-state index in [4.69, 9.17) is 9.15 Å². The fourth-order valence-electron chi connectivity index (χ4n) is 2.46. The summed E-state index contributed by atoms with van der Waals surface area (Å²) in [5.41, 5.74) is 1.37. The minimum atomic E-state index is 0.141. The second kappa shape index (κ2) is 5.79. The van der Waals surface area contributed by atoms with Gasteiger partial charge in [-0.25, -0.2) is 4.98 Å². The molecule has 0 spiro atoms. The van der Waals surface area contributed by atoms with Gasteiger partial charge in [0, 0.05) is 19.1 Å². The van der Waals surface area contributed by atoms with Gasteiger partial charge in [-0.05, 0) is 41.9 Å². The van der Waals surface area contributed by atoms with Gasteiger partial charge in [0.15, 0.2) is 17.1 Å². The minimum absolute atomic E-state index is 0.141. The van der Waals surface area contributed by atoms with Gasteiger partial charge in [-0.2, -0.15) is 4.98 Å². The molecule has 1 saturated heterocycles. The predicted molar refractivity (Wildman–Crippen MR) is 79.7 cm³/mol. The van der Waals surface area contributed by atoms with Crippen LogP contribution in [0.5, 0.6) is 0 Å². The highest BCUT2D eigenvalue weighted by Gasteiger charge is 2.24. The number of pyridine rings is 1. The highest BCUT2D eigenvalue weighted by atomic mass is 79.9. The lowest BCUT2D eigenvalue weighted by atomic mass is 10.2. The molecular formula is C14H18BrN3O2. The molecule has 1 fully saturated rings. The lowest BCUT2D eigenvalue weighted by Crippen LogP contribution is -2.46. The van der Waals surface area contributed by atoms with Gasteiger partial charge < -0.3 is 9.15 Å². The molecule has 2 aromatic heterocycles. The molecule has 3 rings (SSSR count).